The van der Waals surface area contributed by atoms with Crippen molar-refractivity contribution in [3.05, 3.63) is 53.3 Å². The van der Waals surface area contributed by atoms with E-state index in [2.05, 4.69) is 30.5 Å². The number of hydrogen-bond acceptors (Lipinski definition) is 2. The van der Waals surface area contributed by atoms with Crippen LogP contribution in [0.1, 0.15) is 35.8 Å². The molecule has 4 nitrogen and oxygen atoms in total. The molecule has 2 aromatic rings. The Bertz CT molecular complexity index is 763. The Balaban J connectivity index is 1.75. The van der Waals surface area contributed by atoms with E-state index in [9.17, 15) is 8.42 Å². The lowest BCUT2D eigenvalue weighted by atomic mass is 10.1. The van der Waals surface area contributed by atoms with E-state index < -0.39 is 10.0 Å². The zero-order valence-electron chi connectivity index (χ0n) is 14.0. The molecule has 2 heterocycles. The van der Waals surface area contributed by atoms with Crippen LogP contribution >= 0.6 is 0 Å². The van der Waals surface area contributed by atoms with Crippen molar-refractivity contribution < 1.29 is 8.42 Å². The molecule has 0 aliphatic carbocycles. The molecule has 1 aromatic heterocycles. The normalized spacial score (nSPS) is 17.5. The summed E-state index contributed by atoms with van der Waals surface area (Å²) in [5.74, 6) is 0. The van der Waals surface area contributed by atoms with Gasteiger partial charge in [0.25, 0.3) is 0 Å². The summed E-state index contributed by atoms with van der Waals surface area (Å²) in [7, 11) is -3.37. The smallest absolute Gasteiger partial charge is 0.243 e. The molecule has 124 valence electrons. The second kappa shape index (κ2) is 6.13. The van der Waals surface area contributed by atoms with Gasteiger partial charge in [-0.15, -0.1) is 0 Å². The first kappa shape index (κ1) is 16.3. The van der Waals surface area contributed by atoms with Gasteiger partial charge in [0.1, 0.15) is 0 Å². The van der Waals surface area contributed by atoms with Gasteiger partial charge in [0.15, 0.2) is 0 Å². The van der Waals surface area contributed by atoms with Crippen LogP contribution < -0.4 is 0 Å². The largest absolute Gasteiger partial charge is 0.346 e. The summed E-state index contributed by atoms with van der Waals surface area (Å²) < 4.78 is 29.5. The highest BCUT2D eigenvalue weighted by Crippen LogP contribution is 2.29. The van der Waals surface area contributed by atoms with Gasteiger partial charge >= 0.3 is 0 Å². The van der Waals surface area contributed by atoms with Crippen LogP contribution in [0.4, 0.5) is 0 Å². The molecule has 1 fully saturated rings. The van der Waals surface area contributed by atoms with Crippen LogP contribution in [0, 0.1) is 20.8 Å². The van der Waals surface area contributed by atoms with E-state index in [1.54, 1.807) is 16.4 Å². The van der Waals surface area contributed by atoms with Gasteiger partial charge in [-0.3, -0.25) is 0 Å². The molecule has 1 aliphatic rings. The number of rotatable bonds is 3. The van der Waals surface area contributed by atoms with Crippen molar-refractivity contribution in [1.29, 1.82) is 0 Å². The Morgan fingerprint density at radius 2 is 1.39 bits per heavy atom. The minimum Gasteiger partial charge on any atom is -0.346 e. The highest BCUT2D eigenvalue weighted by molar-refractivity contribution is 7.89. The van der Waals surface area contributed by atoms with Crippen molar-refractivity contribution in [3.8, 4) is 0 Å². The van der Waals surface area contributed by atoms with Crippen molar-refractivity contribution in [3.63, 3.8) is 0 Å². The first-order valence-electron chi connectivity index (χ1n) is 8.11. The molecule has 0 radical (unpaired) electrons. The summed E-state index contributed by atoms with van der Waals surface area (Å²) in [6, 6.07) is 11.8. The zero-order chi connectivity index (χ0) is 16.6. The van der Waals surface area contributed by atoms with Gasteiger partial charge in [0.2, 0.25) is 10.0 Å². The van der Waals surface area contributed by atoms with Gasteiger partial charge in [-0.2, -0.15) is 4.31 Å². The minimum atomic E-state index is -3.37. The second-order valence-corrected chi connectivity index (χ2v) is 8.37. The summed E-state index contributed by atoms with van der Waals surface area (Å²) >= 11 is 0. The molecule has 0 unspecified atom stereocenters. The molecule has 23 heavy (non-hydrogen) atoms. The average molecular weight is 332 g/mol. The topological polar surface area (TPSA) is 42.3 Å². The van der Waals surface area contributed by atoms with Crippen molar-refractivity contribution in [2.75, 3.05) is 13.1 Å². The number of hydrogen-bond donors (Lipinski definition) is 0. The third-order valence-corrected chi connectivity index (χ3v) is 6.69. The van der Waals surface area contributed by atoms with Crippen LogP contribution in [-0.2, 0) is 10.0 Å². The standard InChI is InChI=1S/C18H24N2O2S/c1-14-4-8-18(9-5-14)23(21,22)19-12-10-17(11-13-19)20-15(2)6-7-16(20)3/h4-9,17H,10-13H2,1-3H3. The van der Waals surface area contributed by atoms with Crippen molar-refractivity contribution in [1.82, 2.24) is 8.87 Å². The Labute approximate surface area is 138 Å². The lowest BCUT2D eigenvalue weighted by molar-refractivity contribution is 0.270. The Morgan fingerprint density at radius 1 is 0.870 bits per heavy atom. The fourth-order valence-electron chi connectivity index (χ4n) is 3.46. The maximum atomic E-state index is 12.7. The number of aryl methyl sites for hydroxylation is 3. The van der Waals surface area contributed by atoms with E-state index >= 15 is 0 Å². The monoisotopic (exact) mass is 332 g/mol. The predicted octanol–water partition coefficient (Wildman–Crippen LogP) is 3.44. The molecule has 1 aliphatic heterocycles. The summed E-state index contributed by atoms with van der Waals surface area (Å²) in [6.45, 7) is 7.35. The van der Waals surface area contributed by atoms with E-state index in [1.165, 1.54) is 11.4 Å². The van der Waals surface area contributed by atoms with E-state index in [0.717, 1.165) is 18.4 Å². The van der Waals surface area contributed by atoms with Gasteiger partial charge in [-0.1, -0.05) is 17.7 Å². The Kier molecular flexibility index (Phi) is 4.34. The summed E-state index contributed by atoms with van der Waals surface area (Å²) in [4.78, 5) is 0.398. The highest BCUT2D eigenvalue weighted by Gasteiger charge is 2.30. The fraction of sp³-hybridized carbons (Fsp3) is 0.444. The van der Waals surface area contributed by atoms with Crippen LogP contribution in [0.15, 0.2) is 41.3 Å². The number of piperidine rings is 1. The van der Waals surface area contributed by atoms with Gasteiger partial charge in [0.05, 0.1) is 4.90 Å². The van der Waals surface area contributed by atoms with Crippen molar-refractivity contribution in [2.24, 2.45) is 0 Å². The molecule has 0 bridgehead atoms. The van der Waals surface area contributed by atoms with Crippen LogP contribution in [0.25, 0.3) is 0 Å². The van der Waals surface area contributed by atoms with E-state index in [4.69, 9.17) is 0 Å². The van der Waals surface area contributed by atoms with E-state index in [1.807, 2.05) is 19.1 Å². The molecular formula is C18H24N2O2S. The lowest BCUT2D eigenvalue weighted by Crippen LogP contribution is -2.39. The first-order chi connectivity index (χ1) is 10.9. The minimum absolute atomic E-state index is 0.398. The predicted molar refractivity (Wildman–Crippen MR) is 92.1 cm³/mol. The molecule has 5 heteroatoms. The molecule has 0 amide bonds. The molecule has 3 rings (SSSR count). The third-order valence-electron chi connectivity index (χ3n) is 4.77. The highest BCUT2D eigenvalue weighted by atomic mass is 32.2. The quantitative estimate of drug-likeness (QED) is 0.864. The van der Waals surface area contributed by atoms with Gasteiger partial charge in [-0.25, -0.2) is 8.42 Å². The van der Waals surface area contributed by atoms with Crippen molar-refractivity contribution in [2.45, 2.75) is 44.6 Å². The zero-order valence-corrected chi connectivity index (χ0v) is 14.8. The summed E-state index contributed by atoms with van der Waals surface area (Å²) in [5.41, 5.74) is 3.57. The summed E-state index contributed by atoms with van der Waals surface area (Å²) in [5, 5.41) is 0. The number of aromatic nitrogens is 1. The molecular weight excluding hydrogens is 308 g/mol. The second-order valence-electron chi connectivity index (χ2n) is 6.43. The SMILES string of the molecule is Cc1ccc(S(=O)(=O)N2CCC(n3c(C)ccc3C)CC2)cc1. The molecule has 1 aromatic carbocycles. The molecule has 1 saturated heterocycles. The number of nitrogens with zero attached hydrogens (tertiary/aromatic N) is 2. The van der Waals surface area contributed by atoms with E-state index in [0.29, 0.717) is 24.0 Å². The van der Waals surface area contributed by atoms with Crippen LogP contribution in [0.2, 0.25) is 0 Å². The Hall–Kier alpha value is -1.59. The number of sulfonamides is 1. The van der Waals surface area contributed by atoms with Gasteiger partial charge in [0, 0.05) is 30.5 Å². The maximum absolute atomic E-state index is 12.7. The Morgan fingerprint density at radius 3 is 1.91 bits per heavy atom. The molecule has 0 spiro atoms. The van der Waals surface area contributed by atoms with Gasteiger partial charge in [-0.05, 0) is 57.9 Å². The average Bonchev–Trinajstić information content (AvgIpc) is 2.87. The third kappa shape index (κ3) is 3.08. The molecule has 0 atom stereocenters. The van der Waals surface area contributed by atoms with Gasteiger partial charge < -0.3 is 4.57 Å². The van der Waals surface area contributed by atoms with Crippen LogP contribution in [0.5, 0.6) is 0 Å². The first-order valence-corrected chi connectivity index (χ1v) is 9.55. The lowest BCUT2D eigenvalue weighted by Gasteiger charge is -2.33. The molecule has 0 N–H and O–H groups in total. The number of benzene rings is 1. The fourth-order valence-corrected chi connectivity index (χ4v) is 4.93. The van der Waals surface area contributed by atoms with E-state index in [-0.39, 0.29) is 0 Å². The molecule has 0 saturated carbocycles. The summed E-state index contributed by atoms with van der Waals surface area (Å²) in [6.07, 6.45) is 1.73. The van der Waals surface area contributed by atoms with Crippen LogP contribution in [-0.4, -0.2) is 30.4 Å². The van der Waals surface area contributed by atoms with Crippen molar-refractivity contribution >= 4 is 10.0 Å². The van der Waals surface area contributed by atoms with Crippen LogP contribution in [0.3, 0.4) is 0 Å². The maximum Gasteiger partial charge on any atom is 0.243 e.